The van der Waals surface area contributed by atoms with Crippen LogP contribution in [0.2, 0.25) is 0 Å². The SMILES string of the molecule is O=S(=O)([O-])CCCCCCCCCCCCOc1ccccc1. The van der Waals surface area contributed by atoms with Crippen molar-refractivity contribution in [3.8, 4) is 5.75 Å². The van der Waals surface area contributed by atoms with Gasteiger partial charge in [0.05, 0.1) is 16.7 Å². The van der Waals surface area contributed by atoms with E-state index < -0.39 is 10.1 Å². The topological polar surface area (TPSA) is 66.4 Å². The number of hydrogen-bond acceptors (Lipinski definition) is 4. The van der Waals surface area contributed by atoms with E-state index in [9.17, 15) is 13.0 Å². The Morgan fingerprint density at radius 1 is 0.739 bits per heavy atom. The molecule has 0 N–H and O–H groups in total. The van der Waals surface area contributed by atoms with Crippen LogP contribution < -0.4 is 4.74 Å². The van der Waals surface area contributed by atoms with E-state index in [0.717, 1.165) is 38.0 Å². The molecule has 0 heterocycles. The maximum atomic E-state index is 10.4. The fourth-order valence-electron chi connectivity index (χ4n) is 2.50. The van der Waals surface area contributed by atoms with Crippen molar-refractivity contribution in [1.82, 2.24) is 0 Å². The zero-order valence-electron chi connectivity index (χ0n) is 13.9. The van der Waals surface area contributed by atoms with Gasteiger partial charge in [0.15, 0.2) is 0 Å². The van der Waals surface area contributed by atoms with Gasteiger partial charge in [-0.15, -0.1) is 0 Å². The number of benzene rings is 1. The second-order valence-electron chi connectivity index (χ2n) is 5.96. The van der Waals surface area contributed by atoms with Crippen LogP contribution in [-0.4, -0.2) is 25.3 Å². The maximum absolute atomic E-state index is 10.4. The molecule has 0 atom stereocenters. The summed E-state index contributed by atoms with van der Waals surface area (Å²) in [6.45, 7) is 0.784. The second kappa shape index (κ2) is 12.4. The Morgan fingerprint density at radius 2 is 1.22 bits per heavy atom. The third-order valence-corrected chi connectivity index (χ3v) is 4.59. The zero-order valence-corrected chi connectivity index (χ0v) is 14.7. The molecular formula is C18H29O4S-. The van der Waals surface area contributed by atoms with Crippen molar-refractivity contribution in [3.05, 3.63) is 30.3 Å². The summed E-state index contributed by atoms with van der Waals surface area (Å²) in [5, 5.41) is 0. The fourth-order valence-corrected chi connectivity index (χ4v) is 3.06. The highest BCUT2D eigenvalue weighted by Crippen LogP contribution is 2.12. The number of unbranched alkanes of at least 4 members (excludes halogenated alkanes) is 9. The summed E-state index contributed by atoms with van der Waals surface area (Å²) >= 11 is 0. The minimum atomic E-state index is -4.01. The van der Waals surface area contributed by atoms with Gasteiger partial charge in [-0.25, -0.2) is 8.42 Å². The minimum Gasteiger partial charge on any atom is -0.748 e. The molecule has 0 saturated heterocycles. The summed E-state index contributed by atoms with van der Waals surface area (Å²) in [7, 11) is -4.01. The van der Waals surface area contributed by atoms with Crippen molar-refractivity contribution in [2.45, 2.75) is 64.2 Å². The Bertz CT molecular complexity index is 485. The zero-order chi connectivity index (χ0) is 16.8. The van der Waals surface area contributed by atoms with Gasteiger partial charge in [0, 0.05) is 5.75 Å². The lowest BCUT2D eigenvalue weighted by Gasteiger charge is -2.06. The molecule has 0 bridgehead atoms. The van der Waals surface area contributed by atoms with Crippen LogP contribution in [0.3, 0.4) is 0 Å². The largest absolute Gasteiger partial charge is 0.748 e. The van der Waals surface area contributed by atoms with E-state index in [-0.39, 0.29) is 5.75 Å². The van der Waals surface area contributed by atoms with E-state index in [0.29, 0.717) is 6.42 Å². The summed E-state index contributed by atoms with van der Waals surface area (Å²) in [4.78, 5) is 0. The molecule has 0 saturated carbocycles. The predicted octanol–water partition coefficient (Wildman–Crippen LogP) is 4.51. The van der Waals surface area contributed by atoms with Crippen LogP contribution in [0.4, 0.5) is 0 Å². The molecule has 5 heteroatoms. The number of para-hydroxylation sites is 1. The van der Waals surface area contributed by atoms with E-state index in [1.807, 2.05) is 30.3 Å². The fraction of sp³-hybridized carbons (Fsp3) is 0.667. The molecule has 0 aliphatic rings. The van der Waals surface area contributed by atoms with Gasteiger partial charge in [-0.3, -0.25) is 0 Å². The standard InChI is InChI=1S/C18H30O4S/c19-23(20,21)17-13-8-6-4-2-1-3-5-7-12-16-22-18-14-10-9-11-15-18/h9-11,14-15H,1-8,12-13,16-17H2,(H,19,20,21)/p-1. The average Bonchev–Trinajstić information content (AvgIpc) is 2.52. The molecule has 1 rings (SSSR count). The first kappa shape index (κ1) is 20.0. The molecule has 0 fully saturated rings. The summed E-state index contributed by atoms with van der Waals surface area (Å²) in [5.74, 6) is 0.732. The monoisotopic (exact) mass is 341 g/mol. The Labute approximate surface area is 141 Å². The first-order valence-electron chi connectivity index (χ1n) is 8.69. The number of rotatable bonds is 14. The smallest absolute Gasteiger partial charge is 0.119 e. The van der Waals surface area contributed by atoms with E-state index in [2.05, 4.69) is 0 Å². The van der Waals surface area contributed by atoms with Gasteiger partial charge in [-0.1, -0.05) is 69.6 Å². The van der Waals surface area contributed by atoms with E-state index in [4.69, 9.17) is 4.74 Å². The second-order valence-corrected chi connectivity index (χ2v) is 7.48. The van der Waals surface area contributed by atoms with Gasteiger partial charge in [-0.05, 0) is 25.0 Å². The van der Waals surface area contributed by atoms with E-state index >= 15 is 0 Å². The molecule has 23 heavy (non-hydrogen) atoms. The molecule has 132 valence electrons. The van der Waals surface area contributed by atoms with Crippen molar-refractivity contribution < 1.29 is 17.7 Å². The minimum absolute atomic E-state index is 0.210. The van der Waals surface area contributed by atoms with Crippen molar-refractivity contribution in [2.75, 3.05) is 12.4 Å². The molecule has 0 aliphatic heterocycles. The molecule has 0 amide bonds. The van der Waals surface area contributed by atoms with Gasteiger partial charge in [0.2, 0.25) is 0 Å². The predicted molar refractivity (Wildman–Crippen MR) is 92.7 cm³/mol. The summed E-state index contributed by atoms with van der Waals surface area (Å²) in [5.41, 5.74) is 0. The summed E-state index contributed by atoms with van der Waals surface area (Å²) < 4.78 is 36.9. The average molecular weight is 341 g/mol. The molecule has 0 radical (unpaired) electrons. The van der Waals surface area contributed by atoms with Crippen molar-refractivity contribution in [3.63, 3.8) is 0 Å². The van der Waals surface area contributed by atoms with Crippen LogP contribution in [0, 0.1) is 0 Å². The van der Waals surface area contributed by atoms with Crippen LogP contribution in [0.15, 0.2) is 30.3 Å². The van der Waals surface area contributed by atoms with E-state index in [1.54, 1.807) is 0 Å². The van der Waals surface area contributed by atoms with Gasteiger partial charge in [0.25, 0.3) is 0 Å². The Morgan fingerprint density at radius 3 is 1.74 bits per heavy atom. The summed E-state index contributed by atoms with van der Waals surface area (Å²) in [6.07, 6.45) is 10.7. The first-order valence-corrected chi connectivity index (χ1v) is 10.3. The lowest BCUT2D eigenvalue weighted by molar-refractivity contribution is 0.304. The Balaban J connectivity index is 1.78. The first-order chi connectivity index (χ1) is 11.1. The molecular weight excluding hydrogens is 312 g/mol. The molecule has 0 unspecified atom stereocenters. The van der Waals surface area contributed by atoms with Crippen LogP contribution in [-0.2, 0) is 10.1 Å². The van der Waals surface area contributed by atoms with Gasteiger partial charge in [-0.2, -0.15) is 0 Å². The van der Waals surface area contributed by atoms with Crippen LogP contribution in [0.5, 0.6) is 5.75 Å². The van der Waals surface area contributed by atoms with Gasteiger partial charge >= 0.3 is 0 Å². The Kier molecular flexibility index (Phi) is 10.7. The quantitative estimate of drug-likeness (QED) is 0.369. The summed E-state index contributed by atoms with van der Waals surface area (Å²) in [6, 6.07) is 9.90. The Hall–Kier alpha value is -1.07. The van der Waals surface area contributed by atoms with Crippen molar-refractivity contribution >= 4 is 10.1 Å². The van der Waals surface area contributed by atoms with Crippen LogP contribution in [0.1, 0.15) is 64.2 Å². The molecule has 0 spiro atoms. The number of ether oxygens (including phenoxy) is 1. The van der Waals surface area contributed by atoms with Crippen LogP contribution in [0.25, 0.3) is 0 Å². The molecule has 4 nitrogen and oxygen atoms in total. The van der Waals surface area contributed by atoms with Gasteiger partial charge in [0.1, 0.15) is 5.75 Å². The third-order valence-electron chi connectivity index (χ3n) is 3.80. The molecule has 1 aromatic rings. The van der Waals surface area contributed by atoms with Crippen molar-refractivity contribution in [2.24, 2.45) is 0 Å². The molecule has 0 aromatic heterocycles. The number of hydrogen-bond donors (Lipinski definition) is 0. The van der Waals surface area contributed by atoms with E-state index in [1.165, 1.54) is 32.1 Å². The highest BCUT2D eigenvalue weighted by molar-refractivity contribution is 7.85. The molecule has 1 aromatic carbocycles. The van der Waals surface area contributed by atoms with Gasteiger partial charge < -0.3 is 9.29 Å². The highest BCUT2D eigenvalue weighted by atomic mass is 32.2. The van der Waals surface area contributed by atoms with Crippen LogP contribution >= 0.6 is 0 Å². The third kappa shape index (κ3) is 13.1. The van der Waals surface area contributed by atoms with Crippen molar-refractivity contribution in [1.29, 1.82) is 0 Å². The maximum Gasteiger partial charge on any atom is 0.119 e. The highest BCUT2D eigenvalue weighted by Gasteiger charge is 1.97. The lowest BCUT2D eigenvalue weighted by atomic mass is 10.1. The molecule has 0 aliphatic carbocycles. The lowest BCUT2D eigenvalue weighted by Crippen LogP contribution is -2.03. The normalized spacial score (nSPS) is 11.5.